The smallest absolute Gasteiger partial charge is 0.309 e. The minimum Gasteiger partial charge on any atom is -0.469 e. The number of esters is 1. The molecule has 1 saturated carbocycles. The van der Waals surface area contributed by atoms with Gasteiger partial charge in [-0.2, -0.15) is 0 Å². The number of methoxy groups -OCH3 is 2. The Hall–Kier alpha value is -0.910. The van der Waals surface area contributed by atoms with Gasteiger partial charge >= 0.3 is 5.97 Å². The molecule has 2 heterocycles. The Morgan fingerprint density at radius 3 is 2.69 bits per heavy atom. The lowest BCUT2D eigenvalue weighted by Crippen LogP contribution is -2.64. The van der Waals surface area contributed by atoms with E-state index in [2.05, 4.69) is 18.9 Å². The molecule has 3 aliphatic carbocycles. The lowest BCUT2D eigenvalue weighted by molar-refractivity contribution is -0.294. The molecule has 2 spiro atoms. The van der Waals surface area contributed by atoms with Gasteiger partial charge in [-0.05, 0) is 63.8 Å². The van der Waals surface area contributed by atoms with Gasteiger partial charge in [0.25, 0.3) is 0 Å². The third kappa shape index (κ3) is 2.53. The highest BCUT2D eigenvalue weighted by molar-refractivity contribution is 5.75. The van der Waals surface area contributed by atoms with Crippen LogP contribution in [0, 0.1) is 28.6 Å². The van der Waals surface area contributed by atoms with Crippen LogP contribution in [0.2, 0.25) is 0 Å². The molecule has 5 heteroatoms. The predicted octanol–water partition coefficient (Wildman–Crippen LogP) is 3.78. The monoisotopic (exact) mass is 403 g/mol. The van der Waals surface area contributed by atoms with Crippen molar-refractivity contribution in [2.24, 2.45) is 28.6 Å². The Kier molecular flexibility index (Phi) is 4.69. The normalized spacial score (nSPS) is 46.7. The van der Waals surface area contributed by atoms with Crippen molar-refractivity contribution in [1.29, 1.82) is 0 Å². The highest BCUT2D eigenvalue weighted by Gasteiger charge is 2.69. The lowest BCUT2D eigenvalue weighted by Gasteiger charge is -2.62. The van der Waals surface area contributed by atoms with Crippen LogP contribution in [-0.2, 0) is 19.0 Å². The highest BCUT2D eigenvalue weighted by atomic mass is 16.7. The Bertz CT molecular complexity index is 716. The second-order valence-electron chi connectivity index (χ2n) is 10.4. The molecule has 6 atom stereocenters. The number of allylic oxidation sites excluding steroid dienone is 1. The standard InChI is InChI=1S/C24H37NO4/c1-5-24(28-4)11-10-22(15-29-24)17-8-6-16-7-9-18-19(21(26)27-3)12-23(22,20(16)18)14-25(2)13-17/h17-19H,5-15H2,1-4H3/t17-,18-,19-,22-,23-,24-/m1/s1. The van der Waals surface area contributed by atoms with Crippen LogP contribution in [-0.4, -0.2) is 57.6 Å². The molecule has 5 rings (SSSR count). The summed E-state index contributed by atoms with van der Waals surface area (Å²) in [4.78, 5) is 15.4. The van der Waals surface area contributed by atoms with Crippen LogP contribution in [0.1, 0.15) is 58.3 Å². The molecule has 0 N–H and O–H groups in total. The molecule has 2 bridgehead atoms. The number of ether oxygens (including phenoxy) is 3. The van der Waals surface area contributed by atoms with Crippen molar-refractivity contribution in [2.75, 3.05) is 41.0 Å². The van der Waals surface area contributed by atoms with Crippen molar-refractivity contribution >= 4 is 5.97 Å². The summed E-state index contributed by atoms with van der Waals surface area (Å²) in [5.74, 6) is 0.606. The van der Waals surface area contributed by atoms with Crippen LogP contribution in [0.3, 0.4) is 0 Å². The van der Waals surface area contributed by atoms with Gasteiger partial charge in [0, 0.05) is 37.5 Å². The number of nitrogens with zero attached hydrogens (tertiary/aromatic N) is 1. The van der Waals surface area contributed by atoms with E-state index in [-0.39, 0.29) is 22.7 Å². The SMILES string of the molecule is CC[C@]1(OC)CC[C@@]2(CO1)[C@@H]1CCC3=C4[C@H](CC3)[C@H](C(=O)OC)C[C@@]42CN(C)C1. The van der Waals surface area contributed by atoms with Gasteiger partial charge in [-0.15, -0.1) is 0 Å². The van der Waals surface area contributed by atoms with Crippen LogP contribution < -0.4 is 0 Å². The number of rotatable bonds is 3. The predicted molar refractivity (Wildman–Crippen MR) is 110 cm³/mol. The molecule has 5 nitrogen and oxygen atoms in total. The first kappa shape index (κ1) is 20.0. The van der Waals surface area contributed by atoms with E-state index >= 15 is 0 Å². The van der Waals surface area contributed by atoms with E-state index in [0.29, 0.717) is 11.8 Å². The van der Waals surface area contributed by atoms with E-state index in [4.69, 9.17) is 14.2 Å². The van der Waals surface area contributed by atoms with E-state index in [1.54, 1.807) is 25.4 Å². The topological polar surface area (TPSA) is 48.0 Å². The third-order valence-corrected chi connectivity index (χ3v) is 9.64. The van der Waals surface area contributed by atoms with E-state index in [1.807, 2.05) is 0 Å². The summed E-state index contributed by atoms with van der Waals surface area (Å²) in [7, 11) is 5.62. The number of carbonyl (C=O) groups is 1. The molecule has 3 fully saturated rings. The Morgan fingerprint density at radius 1 is 1.24 bits per heavy atom. The fourth-order valence-corrected chi connectivity index (χ4v) is 8.32. The molecule has 5 aliphatic rings. The van der Waals surface area contributed by atoms with Crippen LogP contribution in [0.25, 0.3) is 0 Å². The Balaban J connectivity index is 1.62. The molecule has 2 aliphatic heterocycles. The molecule has 0 aromatic carbocycles. The number of carbonyl (C=O) groups excluding carboxylic acids is 1. The minimum absolute atomic E-state index is 0.00245. The molecular weight excluding hydrogens is 366 g/mol. The van der Waals surface area contributed by atoms with Crippen LogP contribution in [0.4, 0.5) is 0 Å². The summed E-state index contributed by atoms with van der Waals surface area (Å²) in [5, 5.41) is 0. The largest absolute Gasteiger partial charge is 0.469 e. The first-order valence-corrected chi connectivity index (χ1v) is 11.6. The Morgan fingerprint density at radius 2 is 2.03 bits per heavy atom. The van der Waals surface area contributed by atoms with Gasteiger partial charge in [-0.25, -0.2) is 0 Å². The van der Waals surface area contributed by atoms with Crippen molar-refractivity contribution in [3.05, 3.63) is 11.1 Å². The van der Waals surface area contributed by atoms with Crippen molar-refractivity contribution in [3.8, 4) is 0 Å². The molecule has 0 radical (unpaired) electrons. The van der Waals surface area contributed by atoms with Gasteiger partial charge in [0.05, 0.1) is 19.6 Å². The molecule has 0 aromatic heterocycles. The fraction of sp³-hybridized carbons (Fsp3) is 0.875. The van der Waals surface area contributed by atoms with Crippen molar-refractivity contribution < 1.29 is 19.0 Å². The van der Waals surface area contributed by atoms with Crippen molar-refractivity contribution in [3.63, 3.8) is 0 Å². The van der Waals surface area contributed by atoms with Crippen molar-refractivity contribution in [1.82, 2.24) is 4.90 Å². The molecule has 0 unspecified atom stereocenters. The van der Waals surface area contributed by atoms with Gasteiger partial charge in [-0.1, -0.05) is 18.1 Å². The molecule has 0 aromatic rings. The van der Waals surface area contributed by atoms with Gasteiger partial charge in [0.2, 0.25) is 0 Å². The van der Waals surface area contributed by atoms with Crippen LogP contribution >= 0.6 is 0 Å². The van der Waals surface area contributed by atoms with E-state index < -0.39 is 5.79 Å². The summed E-state index contributed by atoms with van der Waals surface area (Å²) in [5.41, 5.74) is 3.52. The molecule has 29 heavy (non-hydrogen) atoms. The second-order valence-corrected chi connectivity index (χ2v) is 10.4. The first-order chi connectivity index (χ1) is 13.9. The average Bonchev–Trinajstić information content (AvgIpc) is 3.28. The maximum Gasteiger partial charge on any atom is 0.309 e. The van der Waals surface area contributed by atoms with E-state index in [0.717, 1.165) is 51.8 Å². The number of piperidine rings is 1. The number of likely N-dealkylation sites (tertiary alicyclic amines) is 1. The maximum atomic E-state index is 12.8. The third-order valence-electron chi connectivity index (χ3n) is 9.64. The summed E-state index contributed by atoms with van der Waals surface area (Å²) < 4.78 is 17.8. The second kappa shape index (κ2) is 6.80. The Labute approximate surface area is 175 Å². The van der Waals surface area contributed by atoms with Crippen molar-refractivity contribution in [2.45, 2.75) is 64.1 Å². The van der Waals surface area contributed by atoms with Gasteiger partial charge in [0.15, 0.2) is 5.79 Å². The minimum atomic E-state index is -0.430. The fourth-order valence-electron chi connectivity index (χ4n) is 8.32. The quantitative estimate of drug-likeness (QED) is 0.530. The zero-order valence-corrected chi connectivity index (χ0v) is 18.6. The van der Waals surface area contributed by atoms with Crippen LogP contribution in [0.5, 0.6) is 0 Å². The van der Waals surface area contributed by atoms with E-state index in [9.17, 15) is 4.79 Å². The number of hydrogen-bond donors (Lipinski definition) is 0. The molecule has 0 amide bonds. The molecule has 162 valence electrons. The number of hydrogen-bond acceptors (Lipinski definition) is 5. The maximum absolute atomic E-state index is 12.8. The zero-order valence-electron chi connectivity index (χ0n) is 18.6. The summed E-state index contributed by atoms with van der Waals surface area (Å²) >= 11 is 0. The van der Waals surface area contributed by atoms with Crippen LogP contribution in [0.15, 0.2) is 11.1 Å². The summed E-state index contributed by atoms with van der Waals surface area (Å²) in [6.07, 6.45) is 8.72. The van der Waals surface area contributed by atoms with E-state index in [1.165, 1.54) is 19.3 Å². The summed E-state index contributed by atoms with van der Waals surface area (Å²) in [6, 6.07) is 0. The van der Waals surface area contributed by atoms with Gasteiger partial charge in [-0.3, -0.25) is 4.79 Å². The van der Waals surface area contributed by atoms with Gasteiger partial charge < -0.3 is 19.1 Å². The highest BCUT2D eigenvalue weighted by Crippen LogP contribution is 2.71. The molecular formula is C24H37NO4. The molecule has 2 saturated heterocycles. The lowest BCUT2D eigenvalue weighted by atomic mass is 9.50. The van der Waals surface area contributed by atoms with Gasteiger partial charge in [0.1, 0.15) is 0 Å². The zero-order chi connectivity index (χ0) is 20.4. The average molecular weight is 404 g/mol. The summed E-state index contributed by atoms with van der Waals surface area (Å²) in [6.45, 7) is 5.13. The first-order valence-electron chi connectivity index (χ1n) is 11.6.